The molecule has 0 aliphatic rings. The molecular formula is C29H26BrNO5S. The number of hydrogen-bond acceptors (Lipinski definition) is 5. The number of amides is 1. The Morgan fingerprint density at radius 3 is 2.14 bits per heavy atom. The number of carbonyl (C=O) groups excluding carboxylic acids is 1. The first-order valence-corrected chi connectivity index (χ1v) is 13.9. The zero-order valence-corrected chi connectivity index (χ0v) is 22.8. The second-order valence-electron chi connectivity index (χ2n) is 8.20. The Labute approximate surface area is 225 Å². The first-order chi connectivity index (χ1) is 17.8. The maximum atomic E-state index is 13.6. The smallest absolute Gasteiger partial charge is 0.278 e. The summed E-state index contributed by atoms with van der Waals surface area (Å²) in [6.07, 6.45) is 0. The third-order valence-electron chi connectivity index (χ3n) is 5.56. The molecule has 8 heteroatoms. The summed E-state index contributed by atoms with van der Waals surface area (Å²) in [6, 6.07) is 28.1. The molecule has 0 saturated carbocycles. The molecule has 0 aromatic heterocycles. The summed E-state index contributed by atoms with van der Waals surface area (Å²) in [5, 5.41) is 0. The molecule has 0 N–H and O–H groups in total. The van der Waals surface area contributed by atoms with Crippen LogP contribution >= 0.6 is 15.9 Å². The maximum Gasteiger partial charge on any atom is 0.278 e. The van der Waals surface area contributed by atoms with Gasteiger partial charge in [0.1, 0.15) is 11.5 Å². The number of carbonyl (C=O) groups is 1. The summed E-state index contributed by atoms with van der Waals surface area (Å²) in [7, 11) is -4.20. The van der Waals surface area contributed by atoms with E-state index in [-0.39, 0.29) is 10.6 Å². The van der Waals surface area contributed by atoms with Crippen molar-refractivity contribution in [1.82, 2.24) is 0 Å². The first kappa shape index (κ1) is 26.4. The summed E-state index contributed by atoms with van der Waals surface area (Å²) in [4.78, 5) is 13.4. The molecule has 1 amide bonds. The predicted octanol–water partition coefficient (Wildman–Crippen LogP) is 6.62. The molecular weight excluding hydrogens is 554 g/mol. The van der Waals surface area contributed by atoms with Gasteiger partial charge in [0.2, 0.25) is 0 Å². The van der Waals surface area contributed by atoms with Crippen LogP contribution in [0.5, 0.6) is 11.5 Å². The first-order valence-electron chi connectivity index (χ1n) is 11.6. The van der Waals surface area contributed by atoms with Crippen molar-refractivity contribution in [3.63, 3.8) is 0 Å². The predicted molar refractivity (Wildman–Crippen MR) is 149 cm³/mol. The highest BCUT2D eigenvalue weighted by atomic mass is 79.9. The minimum atomic E-state index is -4.20. The third-order valence-corrected chi connectivity index (χ3v) is 7.94. The van der Waals surface area contributed by atoms with Crippen LogP contribution in [0.2, 0.25) is 0 Å². The fraction of sp³-hybridized carbons (Fsp3) is 0.138. The number of rotatable bonds is 9. The van der Waals surface area contributed by atoms with Crippen molar-refractivity contribution in [3.05, 3.63) is 107 Å². The lowest BCUT2D eigenvalue weighted by Gasteiger charge is -2.23. The van der Waals surface area contributed by atoms with Crippen LogP contribution < -0.4 is 13.8 Å². The van der Waals surface area contributed by atoms with Crippen LogP contribution in [-0.2, 0) is 14.8 Å². The number of anilines is 1. The summed E-state index contributed by atoms with van der Waals surface area (Å²) >= 11 is 3.50. The number of ether oxygens (including phenoxy) is 2. The van der Waals surface area contributed by atoms with Gasteiger partial charge >= 0.3 is 0 Å². The second kappa shape index (κ2) is 11.6. The molecule has 4 aromatic rings. The Balaban J connectivity index is 1.61. The Kier molecular flexibility index (Phi) is 8.31. The van der Waals surface area contributed by atoms with Crippen molar-refractivity contribution >= 4 is 37.5 Å². The molecule has 0 saturated heterocycles. The number of aryl methyl sites for hydroxylation is 1. The SMILES string of the molecule is CCOc1ccc(N(C(=O)COc2ccc(-c3ccccc3)cc2Br)S(=O)(=O)c2ccc(C)cc2)cc1. The van der Waals surface area contributed by atoms with Gasteiger partial charge in [-0.25, -0.2) is 8.42 Å². The van der Waals surface area contributed by atoms with Gasteiger partial charge < -0.3 is 9.47 Å². The van der Waals surface area contributed by atoms with Gasteiger partial charge in [-0.15, -0.1) is 0 Å². The average Bonchev–Trinajstić information content (AvgIpc) is 2.90. The van der Waals surface area contributed by atoms with Crippen LogP contribution in [0.3, 0.4) is 0 Å². The van der Waals surface area contributed by atoms with Gasteiger partial charge in [0.25, 0.3) is 15.9 Å². The van der Waals surface area contributed by atoms with Crippen molar-refractivity contribution in [2.24, 2.45) is 0 Å². The van der Waals surface area contributed by atoms with Crippen molar-refractivity contribution in [1.29, 1.82) is 0 Å². The summed E-state index contributed by atoms with van der Waals surface area (Å²) < 4.78 is 39.8. The van der Waals surface area contributed by atoms with Crippen molar-refractivity contribution < 1.29 is 22.7 Å². The average molecular weight is 581 g/mol. The number of nitrogens with zero attached hydrogens (tertiary/aromatic N) is 1. The van der Waals surface area contributed by atoms with Crippen molar-refractivity contribution in [3.8, 4) is 22.6 Å². The largest absolute Gasteiger partial charge is 0.494 e. The molecule has 190 valence electrons. The summed E-state index contributed by atoms with van der Waals surface area (Å²) in [6.45, 7) is 3.70. The molecule has 0 bridgehead atoms. The van der Waals surface area contributed by atoms with Gasteiger partial charge in [-0.05, 0) is 89.4 Å². The quantitative estimate of drug-likeness (QED) is 0.222. The molecule has 0 unspecified atom stereocenters. The van der Waals surface area contributed by atoms with Crippen molar-refractivity contribution in [2.45, 2.75) is 18.7 Å². The molecule has 4 rings (SSSR count). The van der Waals surface area contributed by atoms with E-state index in [0.29, 0.717) is 22.6 Å². The van der Waals surface area contributed by atoms with E-state index in [1.165, 1.54) is 12.1 Å². The van der Waals surface area contributed by atoms with Crippen LogP contribution in [0.4, 0.5) is 5.69 Å². The standard InChI is InChI=1S/C29H26BrNO5S/c1-3-35-25-14-12-24(13-15-25)31(37(33,34)26-16-9-21(2)10-17-26)29(32)20-36-28-18-11-23(19-27(28)30)22-7-5-4-6-8-22/h4-19H,3,20H2,1-2H3. The van der Waals surface area contributed by atoms with Crippen LogP contribution in [0.1, 0.15) is 12.5 Å². The lowest BCUT2D eigenvalue weighted by Crippen LogP contribution is -2.40. The Hall–Kier alpha value is -3.62. The Bertz CT molecular complexity index is 1470. The maximum absolute atomic E-state index is 13.6. The Morgan fingerprint density at radius 1 is 0.838 bits per heavy atom. The van der Waals surface area contributed by atoms with Gasteiger partial charge in [0, 0.05) is 0 Å². The van der Waals surface area contributed by atoms with E-state index >= 15 is 0 Å². The molecule has 6 nitrogen and oxygen atoms in total. The highest BCUT2D eigenvalue weighted by molar-refractivity contribution is 9.10. The van der Waals surface area contributed by atoms with Gasteiger partial charge in [-0.3, -0.25) is 4.79 Å². The zero-order valence-electron chi connectivity index (χ0n) is 20.4. The van der Waals surface area contributed by atoms with Crippen LogP contribution in [0, 0.1) is 6.92 Å². The minimum absolute atomic E-state index is 0.00808. The number of sulfonamides is 1. The monoisotopic (exact) mass is 579 g/mol. The van der Waals surface area contributed by atoms with E-state index < -0.39 is 22.5 Å². The van der Waals surface area contributed by atoms with Gasteiger partial charge in [-0.2, -0.15) is 4.31 Å². The van der Waals surface area contributed by atoms with Gasteiger partial charge in [-0.1, -0.05) is 54.1 Å². The van der Waals surface area contributed by atoms with Gasteiger partial charge in [0.05, 0.1) is 21.7 Å². The van der Waals surface area contributed by atoms with Crippen LogP contribution in [0.15, 0.2) is 106 Å². The molecule has 0 aliphatic heterocycles. The third kappa shape index (κ3) is 6.21. The molecule has 37 heavy (non-hydrogen) atoms. The molecule has 0 fully saturated rings. The summed E-state index contributed by atoms with van der Waals surface area (Å²) in [5.41, 5.74) is 3.11. The van der Waals surface area contributed by atoms with Crippen LogP contribution in [0.25, 0.3) is 11.1 Å². The van der Waals surface area contributed by atoms with Crippen LogP contribution in [-0.4, -0.2) is 27.5 Å². The lowest BCUT2D eigenvalue weighted by atomic mass is 10.1. The molecule has 4 aromatic carbocycles. The molecule has 0 heterocycles. The lowest BCUT2D eigenvalue weighted by molar-refractivity contribution is -0.119. The van der Waals surface area contributed by atoms with E-state index in [4.69, 9.17) is 9.47 Å². The topological polar surface area (TPSA) is 72.9 Å². The highest BCUT2D eigenvalue weighted by Gasteiger charge is 2.31. The molecule has 0 aliphatic carbocycles. The zero-order chi connectivity index (χ0) is 26.4. The minimum Gasteiger partial charge on any atom is -0.494 e. The van der Waals surface area contributed by atoms with E-state index in [0.717, 1.165) is 21.0 Å². The van der Waals surface area contributed by atoms with E-state index in [2.05, 4.69) is 15.9 Å². The Morgan fingerprint density at radius 2 is 1.51 bits per heavy atom. The molecule has 0 spiro atoms. The van der Waals surface area contributed by atoms with E-state index in [9.17, 15) is 13.2 Å². The number of hydrogen-bond donors (Lipinski definition) is 0. The fourth-order valence-electron chi connectivity index (χ4n) is 3.70. The molecule has 0 radical (unpaired) electrons. The number of benzene rings is 4. The fourth-order valence-corrected chi connectivity index (χ4v) is 5.61. The van der Waals surface area contributed by atoms with E-state index in [1.807, 2.05) is 56.3 Å². The second-order valence-corrected chi connectivity index (χ2v) is 10.8. The van der Waals surface area contributed by atoms with E-state index in [1.54, 1.807) is 42.5 Å². The number of halogens is 1. The van der Waals surface area contributed by atoms with Gasteiger partial charge in [0.15, 0.2) is 6.61 Å². The summed E-state index contributed by atoms with van der Waals surface area (Å²) in [5.74, 6) is 0.265. The van der Waals surface area contributed by atoms with Crippen molar-refractivity contribution in [2.75, 3.05) is 17.5 Å². The normalized spacial score (nSPS) is 11.1. The molecule has 0 atom stereocenters. The highest BCUT2D eigenvalue weighted by Crippen LogP contribution is 2.31.